The van der Waals surface area contributed by atoms with E-state index in [9.17, 15) is 39.8 Å². The van der Waals surface area contributed by atoms with Crippen LogP contribution in [0.4, 0.5) is 0 Å². The molecule has 6 unspecified atom stereocenters. The molecule has 6 rings (SSSR count). The summed E-state index contributed by atoms with van der Waals surface area (Å²) in [5.41, 5.74) is 0.388. The standard InChI is InChI=1S/C30H31O13P.Li/c1-2-3-12-39-15-8-10-19-21(13-15)40-22-14-16(9-11-20(22)30(19)18-7-5-4-6-17(18)29(36)41-30)42-44(37,38)43-28-26(34)24(32)23(31)25(33)27(28)35;/h4-11,13-14,23-28,31-35H,2-3,12H2,1H3,(H,37,38);/q;+1/p-1/t23?,24-,25?,26?,27+,28?,30?;/m0./s1. The van der Waals surface area contributed by atoms with Crippen LogP contribution < -0.4 is 37.8 Å². The molecule has 13 nitrogen and oxygen atoms in total. The third kappa shape index (κ3) is 5.79. The third-order valence-corrected chi connectivity index (χ3v) is 8.90. The van der Waals surface area contributed by atoms with E-state index in [4.69, 9.17) is 23.3 Å². The number of carbonyl (C=O) groups excluding carboxylic acids is 1. The van der Waals surface area contributed by atoms with Crippen LogP contribution in [-0.4, -0.2) is 74.7 Å². The van der Waals surface area contributed by atoms with Gasteiger partial charge < -0.3 is 53.7 Å². The molecule has 3 aromatic rings. The molecule has 2 aliphatic heterocycles. The van der Waals surface area contributed by atoms with E-state index in [1.807, 2.05) is 6.92 Å². The van der Waals surface area contributed by atoms with E-state index in [0.717, 1.165) is 12.8 Å². The van der Waals surface area contributed by atoms with Crippen LogP contribution in [0.15, 0.2) is 60.7 Å². The van der Waals surface area contributed by atoms with Crippen LogP contribution in [0.5, 0.6) is 23.0 Å². The normalized spacial score (nSPS) is 29.3. The number of aliphatic hydroxyl groups is 5. The molecule has 3 aromatic carbocycles. The summed E-state index contributed by atoms with van der Waals surface area (Å²) in [5, 5.41) is 50.0. The predicted octanol–water partition coefficient (Wildman–Crippen LogP) is -1.51. The van der Waals surface area contributed by atoms with Gasteiger partial charge in [0.1, 0.15) is 59.6 Å². The van der Waals surface area contributed by atoms with Crippen molar-refractivity contribution >= 4 is 13.8 Å². The molecule has 1 saturated carbocycles. The number of unbranched alkanes of at least 4 members (excludes halogenated alkanes) is 1. The fourth-order valence-corrected chi connectivity index (χ4v) is 6.70. The van der Waals surface area contributed by atoms with E-state index in [2.05, 4.69) is 0 Å². The second-order valence-corrected chi connectivity index (χ2v) is 12.1. The van der Waals surface area contributed by atoms with Crippen molar-refractivity contribution in [2.45, 2.75) is 62.0 Å². The van der Waals surface area contributed by atoms with Gasteiger partial charge >= 0.3 is 32.7 Å². The van der Waals surface area contributed by atoms with Gasteiger partial charge in [0.05, 0.1) is 12.2 Å². The Labute approximate surface area is 269 Å². The van der Waals surface area contributed by atoms with Crippen molar-refractivity contribution in [1.29, 1.82) is 0 Å². The van der Waals surface area contributed by atoms with Crippen molar-refractivity contribution in [2.75, 3.05) is 6.61 Å². The SMILES string of the molecule is CCCCOc1ccc2c(c1)Oc1cc(OP(=O)([O-])OC3C(O)[C@@H](O)C(O)C(O)[C@H]3O)ccc1C21OC(=O)c2ccccc21.[Li+]. The van der Waals surface area contributed by atoms with E-state index in [0.29, 0.717) is 40.4 Å². The second kappa shape index (κ2) is 12.7. The number of fused-ring (bicyclic) bond motifs is 6. The van der Waals surface area contributed by atoms with Crippen molar-refractivity contribution in [3.05, 3.63) is 82.9 Å². The minimum absolute atomic E-state index is 0. The molecule has 3 aliphatic rings. The predicted molar refractivity (Wildman–Crippen MR) is 148 cm³/mol. The molecule has 5 N–H and O–H groups in total. The molecular weight excluding hydrogens is 606 g/mol. The maximum Gasteiger partial charge on any atom is 1.00 e. The fraction of sp³-hybridized carbons (Fsp3) is 0.367. The molecule has 0 amide bonds. The first kappa shape index (κ1) is 33.4. The van der Waals surface area contributed by atoms with Crippen molar-refractivity contribution in [3.63, 3.8) is 0 Å². The van der Waals surface area contributed by atoms with Crippen LogP contribution >= 0.6 is 7.82 Å². The number of benzene rings is 3. The number of aliphatic hydroxyl groups excluding tert-OH is 5. The summed E-state index contributed by atoms with van der Waals surface area (Å²) in [5.74, 6) is 0.0491. The number of phosphoric acid groups is 1. The third-order valence-electron chi connectivity index (χ3n) is 7.96. The van der Waals surface area contributed by atoms with E-state index in [-0.39, 0.29) is 30.4 Å². The summed E-state index contributed by atoms with van der Waals surface area (Å²) >= 11 is 0. The Morgan fingerprint density at radius 2 is 1.42 bits per heavy atom. The monoisotopic (exact) mass is 636 g/mol. The summed E-state index contributed by atoms with van der Waals surface area (Å²) < 4.78 is 40.9. The van der Waals surface area contributed by atoms with Crippen LogP contribution in [0, 0.1) is 0 Å². The molecular formula is C30H30LiO13P. The van der Waals surface area contributed by atoms with Crippen LogP contribution in [0.3, 0.4) is 0 Å². The Morgan fingerprint density at radius 1 is 0.844 bits per heavy atom. The molecule has 0 aromatic heterocycles. The Morgan fingerprint density at radius 3 is 2.07 bits per heavy atom. The molecule has 234 valence electrons. The Balaban J connectivity index is 0.00000400. The molecule has 0 saturated heterocycles. The van der Waals surface area contributed by atoms with Gasteiger partial charge in [0.2, 0.25) is 0 Å². The zero-order valence-electron chi connectivity index (χ0n) is 24.3. The minimum Gasteiger partial charge on any atom is -0.746 e. The van der Waals surface area contributed by atoms with Gasteiger partial charge in [0, 0.05) is 28.8 Å². The van der Waals surface area contributed by atoms with Gasteiger partial charge in [-0.05, 0) is 36.8 Å². The summed E-state index contributed by atoms with van der Waals surface area (Å²) in [7, 11) is -5.39. The number of phosphoric ester groups is 1. The molecule has 2 heterocycles. The fourth-order valence-electron chi connectivity index (χ4n) is 5.74. The number of carbonyl (C=O) groups is 1. The van der Waals surface area contributed by atoms with E-state index >= 15 is 0 Å². The smallest absolute Gasteiger partial charge is 0.746 e. The summed E-state index contributed by atoms with van der Waals surface area (Å²) in [6.07, 6.45) is -10.3. The number of esters is 1. The van der Waals surface area contributed by atoms with Crippen LogP contribution in [0.1, 0.15) is 46.8 Å². The Hall–Kier alpha value is -2.92. The molecule has 45 heavy (non-hydrogen) atoms. The quantitative estimate of drug-likeness (QED) is 0.0827. The van der Waals surface area contributed by atoms with Gasteiger partial charge in [-0.2, -0.15) is 0 Å². The summed E-state index contributed by atoms with van der Waals surface area (Å²) in [6, 6.07) is 16.0. The van der Waals surface area contributed by atoms with Crippen molar-refractivity contribution in [3.8, 4) is 23.0 Å². The molecule has 0 radical (unpaired) electrons. The van der Waals surface area contributed by atoms with Gasteiger partial charge in [0.15, 0.2) is 5.60 Å². The molecule has 15 heteroatoms. The van der Waals surface area contributed by atoms with Crippen LogP contribution in [-0.2, 0) is 19.4 Å². The largest absolute Gasteiger partial charge is 1.00 e. The average molecular weight is 636 g/mol. The summed E-state index contributed by atoms with van der Waals surface area (Å²) in [6.45, 7) is 2.51. The Kier molecular flexibility index (Phi) is 9.44. The van der Waals surface area contributed by atoms with E-state index in [1.165, 1.54) is 18.2 Å². The zero-order valence-corrected chi connectivity index (χ0v) is 25.2. The van der Waals surface area contributed by atoms with E-state index in [1.54, 1.807) is 42.5 Å². The molecule has 1 spiro atoms. The molecule has 1 fully saturated rings. The van der Waals surface area contributed by atoms with Crippen molar-refractivity contribution < 1.29 is 81.9 Å². The number of ether oxygens (including phenoxy) is 3. The molecule has 1 aliphatic carbocycles. The van der Waals surface area contributed by atoms with Gasteiger partial charge in [-0.1, -0.05) is 31.5 Å². The first-order chi connectivity index (χ1) is 21.0. The maximum atomic E-state index is 13.1. The topological polar surface area (TPSA) is 204 Å². The van der Waals surface area contributed by atoms with Crippen molar-refractivity contribution in [1.82, 2.24) is 0 Å². The maximum absolute atomic E-state index is 13.1. The van der Waals surface area contributed by atoms with Crippen LogP contribution in [0.25, 0.3) is 0 Å². The first-order valence-corrected chi connectivity index (χ1v) is 15.4. The number of hydrogen-bond donors (Lipinski definition) is 5. The zero-order chi connectivity index (χ0) is 31.4. The van der Waals surface area contributed by atoms with Gasteiger partial charge in [0.25, 0.3) is 0 Å². The first-order valence-electron chi connectivity index (χ1n) is 14.0. The molecule has 8 atom stereocenters. The number of hydrogen-bond acceptors (Lipinski definition) is 13. The minimum atomic E-state index is -5.39. The molecule has 0 bridgehead atoms. The second-order valence-electron chi connectivity index (χ2n) is 10.8. The van der Waals surface area contributed by atoms with Gasteiger partial charge in [-0.3, -0.25) is 4.57 Å². The van der Waals surface area contributed by atoms with E-state index < -0.39 is 56.0 Å². The van der Waals surface area contributed by atoms with Crippen LogP contribution in [0.2, 0.25) is 0 Å². The summed E-state index contributed by atoms with van der Waals surface area (Å²) in [4.78, 5) is 25.9. The van der Waals surface area contributed by atoms with Gasteiger partial charge in [-0.15, -0.1) is 0 Å². The van der Waals surface area contributed by atoms with Gasteiger partial charge in [-0.25, -0.2) is 4.79 Å². The number of rotatable bonds is 8. The van der Waals surface area contributed by atoms with Crippen molar-refractivity contribution in [2.24, 2.45) is 0 Å². The Bertz CT molecular complexity index is 1620. The average Bonchev–Trinajstić information content (AvgIpc) is 3.29.